The third-order valence-corrected chi connectivity index (χ3v) is 2.20. The average molecular weight is 234 g/mol. The van der Waals surface area contributed by atoms with Crippen molar-refractivity contribution in [1.29, 1.82) is 0 Å². The first-order valence-electron chi connectivity index (χ1n) is 5.58. The number of primary amides is 1. The van der Waals surface area contributed by atoms with Gasteiger partial charge in [0, 0.05) is 5.56 Å². The number of carbonyl (C=O) groups excluding carboxylic acids is 1. The number of benzene rings is 1. The quantitative estimate of drug-likeness (QED) is 0.624. The van der Waals surface area contributed by atoms with Gasteiger partial charge in [0.1, 0.15) is 6.61 Å². The molecule has 0 heterocycles. The van der Waals surface area contributed by atoms with Gasteiger partial charge in [-0.25, -0.2) is 0 Å². The fourth-order valence-corrected chi connectivity index (χ4v) is 1.32. The maximum atomic E-state index is 11.3. The Kier molecular flexibility index (Phi) is 4.69. The van der Waals surface area contributed by atoms with Gasteiger partial charge in [0.2, 0.25) is 0 Å². The Labute approximate surface area is 101 Å². The van der Waals surface area contributed by atoms with Crippen LogP contribution in [0.15, 0.2) is 29.4 Å². The number of hydrogen-bond acceptors (Lipinski definition) is 3. The molecule has 0 saturated carbocycles. The van der Waals surface area contributed by atoms with Gasteiger partial charge in [0.25, 0.3) is 5.91 Å². The molecule has 1 aromatic rings. The van der Waals surface area contributed by atoms with E-state index in [1.54, 1.807) is 6.07 Å². The van der Waals surface area contributed by atoms with Crippen LogP contribution in [-0.4, -0.2) is 18.2 Å². The lowest BCUT2D eigenvalue weighted by atomic mass is 10.0. The summed E-state index contributed by atoms with van der Waals surface area (Å²) in [6, 6.07) is 7.43. The minimum atomic E-state index is -0.581. The predicted octanol–water partition coefficient (Wildman–Crippen LogP) is 1.86. The second-order valence-corrected chi connectivity index (χ2v) is 4.31. The van der Waals surface area contributed by atoms with Gasteiger partial charge in [-0.2, -0.15) is 0 Å². The van der Waals surface area contributed by atoms with Gasteiger partial charge in [-0.1, -0.05) is 43.3 Å². The number of rotatable bonds is 5. The minimum absolute atomic E-state index is 0.170. The zero-order valence-electron chi connectivity index (χ0n) is 10.4. The predicted molar refractivity (Wildman–Crippen MR) is 67.7 cm³/mol. The summed E-state index contributed by atoms with van der Waals surface area (Å²) in [7, 11) is 0. The summed E-state index contributed by atoms with van der Waals surface area (Å²) in [5.41, 5.74) is 7.13. The first-order valence-corrected chi connectivity index (χ1v) is 5.58. The molecule has 0 spiro atoms. The molecule has 0 aromatic heterocycles. The zero-order valence-corrected chi connectivity index (χ0v) is 10.4. The number of amides is 1. The van der Waals surface area contributed by atoms with E-state index in [-0.39, 0.29) is 5.71 Å². The Morgan fingerprint density at radius 1 is 1.41 bits per heavy atom. The first-order chi connectivity index (χ1) is 8.02. The highest BCUT2D eigenvalue weighted by Crippen LogP contribution is 2.09. The summed E-state index contributed by atoms with van der Waals surface area (Å²) in [5.74, 6) is -0.229. The number of aryl methyl sites for hydroxylation is 1. The van der Waals surface area contributed by atoms with Crippen LogP contribution in [-0.2, 0) is 9.63 Å². The van der Waals surface area contributed by atoms with Crippen LogP contribution in [0.25, 0.3) is 0 Å². The van der Waals surface area contributed by atoms with E-state index in [0.29, 0.717) is 18.1 Å². The van der Waals surface area contributed by atoms with Crippen molar-refractivity contribution in [3.05, 3.63) is 35.4 Å². The number of oxime groups is 1. The van der Waals surface area contributed by atoms with Gasteiger partial charge < -0.3 is 10.6 Å². The maximum Gasteiger partial charge on any atom is 0.271 e. The Morgan fingerprint density at radius 3 is 2.59 bits per heavy atom. The monoisotopic (exact) mass is 234 g/mol. The van der Waals surface area contributed by atoms with E-state index in [1.807, 2.05) is 39.0 Å². The Balaban J connectivity index is 2.94. The molecule has 0 atom stereocenters. The highest BCUT2D eigenvalue weighted by molar-refractivity contribution is 6.45. The number of nitrogens with two attached hydrogens (primary N) is 1. The number of hydrogen-bond donors (Lipinski definition) is 1. The van der Waals surface area contributed by atoms with Crippen molar-refractivity contribution in [3.63, 3.8) is 0 Å². The molecule has 2 N–H and O–H groups in total. The molecule has 0 aliphatic heterocycles. The van der Waals surface area contributed by atoms with E-state index in [1.165, 1.54) is 0 Å². The zero-order chi connectivity index (χ0) is 12.8. The molecule has 1 amide bonds. The molecule has 4 heteroatoms. The summed E-state index contributed by atoms with van der Waals surface area (Å²) in [6.07, 6.45) is 0. The van der Waals surface area contributed by atoms with Gasteiger partial charge in [0.05, 0.1) is 0 Å². The van der Waals surface area contributed by atoms with Crippen LogP contribution in [0.1, 0.15) is 25.0 Å². The van der Waals surface area contributed by atoms with E-state index in [9.17, 15) is 4.79 Å². The smallest absolute Gasteiger partial charge is 0.271 e. The average Bonchev–Trinajstić information content (AvgIpc) is 2.25. The summed E-state index contributed by atoms with van der Waals surface area (Å²) in [6.45, 7) is 6.37. The van der Waals surface area contributed by atoms with Gasteiger partial charge in [0.15, 0.2) is 5.71 Å². The summed E-state index contributed by atoms with van der Waals surface area (Å²) >= 11 is 0. The Bertz CT molecular complexity index is 425. The molecule has 0 aliphatic carbocycles. The SMILES string of the molecule is Cc1ccccc1/C(=N/OCC(C)C)C(N)=O. The summed E-state index contributed by atoms with van der Waals surface area (Å²) < 4.78 is 0. The van der Waals surface area contributed by atoms with E-state index in [2.05, 4.69) is 5.16 Å². The molecule has 0 fully saturated rings. The second-order valence-electron chi connectivity index (χ2n) is 4.31. The molecule has 0 bridgehead atoms. The van der Waals surface area contributed by atoms with Crippen LogP contribution in [0.2, 0.25) is 0 Å². The van der Waals surface area contributed by atoms with Crippen molar-refractivity contribution < 1.29 is 9.63 Å². The molecule has 17 heavy (non-hydrogen) atoms. The van der Waals surface area contributed by atoms with Gasteiger partial charge in [-0.15, -0.1) is 0 Å². The molecule has 4 nitrogen and oxygen atoms in total. The standard InChI is InChI=1S/C13H18N2O2/c1-9(2)8-17-15-12(13(14)16)11-7-5-4-6-10(11)3/h4-7,9H,8H2,1-3H3,(H2,14,16)/b15-12-. The molecule has 0 aliphatic rings. The highest BCUT2D eigenvalue weighted by atomic mass is 16.6. The number of carbonyl (C=O) groups is 1. The van der Waals surface area contributed by atoms with Crippen molar-refractivity contribution in [2.75, 3.05) is 6.61 Å². The van der Waals surface area contributed by atoms with Crippen LogP contribution < -0.4 is 5.73 Å². The molecule has 1 rings (SSSR count). The molecule has 0 saturated heterocycles. The van der Waals surface area contributed by atoms with Gasteiger partial charge >= 0.3 is 0 Å². The molecule has 0 radical (unpaired) electrons. The molecule has 0 unspecified atom stereocenters. The molecule has 1 aromatic carbocycles. The first kappa shape index (κ1) is 13.2. The fraction of sp³-hybridized carbons (Fsp3) is 0.385. The van der Waals surface area contributed by atoms with Gasteiger partial charge in [-0.3, -0.25) is 4.79 Å². The van der Waals surface area contributed by atoms with E-state index in [0.717, 1.165) is 5.56 Å². The van der Waals surface area contributed by atoms with Crippen LogP contribution in [0.3, 0.4) is 0 Å². The number of nitrogens with zero attached hydrogens (tertiary/aromatic N) is 1. The van der Waals surface area contributed by atoms with Crippen LogP contribution in [0.5, 0.6) is 0 Å². The van der Waals surface area contributed by atoms with Crippen molar-refractivity contribution in [2.24, 2.45) is 16.8 Å². The molecular weight excluding hydrogens is 216 g/mol. The third kappa shape index (κ3) is 3.90. The topological polar surface area (TPSA) is 64.7 Å². The highest BCUT2D eigenvalue weighted by Gasteiger charge is 2.13. The van der Waals surface area contributed by atoms with E-state index >= 15 is 0 Å². The summed E-state index contributed by atoms with van der Waals surface area (Å²) in [4.78, 5) is 16.5. The van der Waals surface area contributed by atoms with Crippen LogP contribution in [0.4, 0.5) is 0 Å². The van der Waals surface area contributed by atoms with Crippen molar-refractivity contribution in [2.45, 2.75) is 20.8 Å². The van der Waals surface area contributed by atoms with Gasteiger partial charge in [-0.05, 0) is 18.4 Å². The lowest BCUT2D eigenvalue weighted by molar-refractivity contribution is -0.112. The largest absolute Gasteiger partial charge is 0.395 e. The normalized spacial score (nSPS) is 11.6. The van der Waals surface area contributed by atoms with E-state index in [4.69, 9.17) is 10.6 Å². The Morgan fingerprint density at radius 2 is 2.06 bits per heavy atom. The lowest BCUT2D eigenvalue weighted by Gasteiger charge is -2.07. The summed E-state index contributed by atoms with van der Waals surface area (Å²) in [5, 5.41) is 3.84. The Hall–Kier alpha value is -1.84. The van der Waals surface area contributed by atoms with Crippen molar-refractivity contribution in [1.82, 2.24) is 0 Å². The maximum absolute atomic E-state index is 11.3. The lowest BCUT2D eigenvalue weighted by Crippen LogP contribution is -2.25. The van der Waals surface area contributed by atoms with Crippen molar-refractivity contribution in [3.8, 4) is 0 Å². The molecular formula is C13H18N2O2. The fourth-order valence-electron chi connectivity index (χ4n) is 1.32. The van der Waals surface area contributed by atoms with Crippen molar-refractivity contribution >= 4 is 11.6 Å². The minimum Gasteiger partial charge on any atom is -0.395 e. The third-order valence-electron chi connectivity index (χ3n) is 2.20. The van der Waals surface area contributed by atoms with E-state index < -0.39 is 5.91 Å². The van der Waals surface area contributed by atoms with Crippen LogP contribution in [0, 0.1) is 12.8 Å². The molecule has 92 valence electrons. The second kappa shape index (κ2) is 6.03. The van der Waals surface area contributed by atoms with Crippen LogP contribution >= 0.6 is 0 Å².